The van der Waals surface area contributed by atoms with Crippen LogP contribution in [0.3, 0.4) is 0 Å². The molecule has 0 fully saturated rings. The van der Waals surface area contributed by atoms with Crippen LogP contribution in [-0.4, -0.2) is 18.4 Å². The topological polar surface area (TPSA) is 52.6 Å². The molecule has 0 heterocycles. The molecule has 0 unspecified atom stereocenters. The van der Waals surface area contributed by atoms with Gasteiger partial charge in [0.25, 0.3) is 0 Å². The second-order valence-corrected chi connectivity index (χ2v) is 5.54. The molecule has 0 aliphatic carbocycles. The van der Waals surface area contributed by atoms with Crippen LogP contribution in [0.4, 0.5) is 0 Å². The number of esters is 1. The van der Waals surface area contributed by atoms with Crippen LogP contribution in [-0.2, 0) is 4.79 Å². The van der Waals surface area contributed by atoms with Crippen LogP contribution in [0.5, 0.6) is 11.5 Å². The molecule has 4 nitrogen and oxygen atoms in total. The summed E-state index contributed by atoms with van der Waals surface area (Å²) in [4.78, 5) is 23.6. The minimum absolute atomic E-state index is 0.0712. The Morgan fingerprint density at radius 3 is 2.36 bits per heavy atom. The van der Waals surface area contributed by atoms with E-state index in [2.05, 4.69) is 0 Å². The van der Waals surface area contributed by atoms with E-state index in [1.807, 2.05) is 43.3 Å². The van der Waals surface area contributed by atoms with E-state index in [1.54, 1.807) is 30.3 Å². The zero-order chi connectivity index (χ0) is 17.6. The average Bonchev–Trinajstić information content (AvgIpc) is 2.66. The first-order valence-corrected chi connectivity index (χ1v) is 8.12. The molecular formula is C21H18O4. The molecule has 0 radical (unpaired) electrons. The number of hydrogen-bond donors (Lipinski definition) is 0. The van der Waals surface area contributed by atoms with E-state index >= 15 is 0 Å². The molecule has 3 aromatic rings. The van der Waals surface area contributed by atoms with Gasteiger partial charge < -0.3 is 9.47 Å². The number of fused-ring (bicyclic) bond motifs is 1. The van der Waals surface area contributed by atoms with Crippen molar-refractivity contribution in [3.63, 3.8) is 0 Å². The van der Waals surface area contributed by atoms with Crippen molar-refractivity contribution in [3.8, 4) is 11.5 Å². The molecule has 3 rings (SSSR count). The SMILES string of the molecule is CCC(=O)c1ccc(OCC(=O)Oc2cccc3ccccc23)cc1. The highest BCUT2D eigenvalue weighted by atomic mass is 16.6. The van der Waals surface area contributed by atoms with Crippen molar-refractivity contribution in [3.05, 3.63) is 72.3 Å². The maximum atomic E-state index is 12.0. The Kier molecular flexibility index (Phi) is 5.09. The lowest BCUT2D eigenvalue weighted by molar-refractivity contribution is -0.136. The molecule has 0 N–H and O–H groups in total. The molecule has 0 aromatic heterocycles. The van der Waals surface area contributed by atoms with Crippen LogP contribution < -0.4 is 9.47 Å². The van der Waals surface area contributed by atoms with Crippen molar-refractivity contribution in [2.24, 2.45) is 0 Å². The number of ketones is 1. The standard InChI is InChI=1S/C21H18O4/c1-2-19(22)16-10-12-17(13-11-16)24-14-21(23)25-20-9-5-7-15-6-3-4-8-18(15)20/h3-13H,2,14H2,1H3. The van der Waals surface area contributed by atoms with Gasteiger partial charge in [0.1, 0.15) is 11.5 Å². The van der Waals surface area contributed by atoms with Crippen molar-refractivity contribution in [2.45, 2.75) is 13.3 Å². The van der Waals surface area contributed by atoms with Gasteiger partial charge in [0.2, 0.25) is 0 Å². The van der Waals surface area contributed by atoms with E-state index in [0.29, 0.717) is 23.5 Å². The third kappa shape index (κ3) is 4.04. The molecule has 126 valence electrons. The molecule has 0 saturated heterocycles. The van der Waals surface area contributed by atoms with E-state index in [-0.39, 0.29) is 12.4 Å². The second-order valence-electron chi connectivity index (χ2n) is 5.54. The number of Topliss-reactive ketones (excluding diaryl/α,β-unsaturated/α-hetero) is 1. The maximum absolute atomic E-state index is 12.0. The number of carbonyl (C=O) groups is 2. The third-order valence-corrected chi connectivity index (χ3v) is 3.83. The van der Waals surface area contributed by atoms with Crippen LogP contribution in [0.15, 0.2) is 66.7 Å². The Balaban J connectivity index is 1.62. The number of benzene rings is 3. The second kappa shape index (κ2) is 7.62. The highest BCUT2D eigenvalue weighted by Gasteiger charge is 2.09. The third-order valence-electron chi connectivity index (χ3n) is 3.83. The molecule has 0 saturated carbocycles. The van der Waals surface area contributed by atoms with Gasteiger partial charge in [0.15, 0.2) is 12.4 Å². The van der Waals surface area contributed by atoms with E-state index in [9.17, 15) is 9.59 Å². The molecule has 25 heavy (non-hydrogen) atoms. The summed E-state index contributed by atoms with van der Waals surface area (Å²) < 4.78 is 10.8. The normalized spacial score (nSPS) is 10.4. The summed E-state index contributed by atoms with van der Waals surface area (Å²) in [6.07, 6.45) is 0.456. The molecule has 0 spiro atoms. The Bertz CT molecular complexity index is 892. The lowest BCUT2D eigenvalue weighted by atomic mass is 10.1. The van der Waals surface area contributed by atoms with Gasteiger partial charge in [-0.2, -0.15) is 0 Å². The Morgan fingerprint density at radius 2 is 1.60 bits per heavy atom. The van der Waals surface area contributed by atoms with Crippen LogP contribution in [0, 0.1) is 0 Å². The summed E-state index contributed by atoms with van der Waals surface area (Å²) in [6, 6.07) is 20.0. The van der Waals surface area contributed by atoms with Crippen LogP contribution >= 0.6 is 0 Å². The van der Waals surface area contributed by atoms with Crippen molar-refractivity contribution in [2.75, 3.05) is 6.61 Å². The lowest BCUT2D eigenvalue weighted by Crippen LogP contribution is -2.17. The van der Waals surface area contributed by atoms with E-state index in [4.69, 9.17) is 9.47 Å². The predicted molar refractivity (Wildman–Crippen MR) is 96.1 cm³/mol. The molecule has 0 aliphatic heterocycles. The van der Waals surface area contributed by atoms with Gasteiger partial charge in [-0.15, -0.1) is 0 Å². The maximum Gasteiger partial charge on any atom is 0.349 e. The fourth-order valence-electron chi connectivity index (χ4n) is 2.52. The zero-order valence-electron chi connectivity index (χ0n) is 13.9. The zero-order valence-corrected chi connectivity index (χ0v) is 13.9. The largest absolute Gasteiger partial charge is 0.482 e. The minimum Gasteiger partial charge on any atom is -0.482 e. The van der Waals surface area contributed by atoms with E-state index in [0.717, 1.165) is 10.8 Å². The highest BCUT2D eigenvalue weighted by molar-refractivity contribution is 5.96. The fourth-order valence-corrected chi connectivity index (χ4v) is 2.52. The van der Waals surface area contributed by atoms with Crippen molar-refractivity contribution >= 4 is 22.5 Å². The summed E-state index contributed by atoms with van der Waals surface area (Å²) >= 11 is 0. The van der Waals surface area contributed by atoms with Crippen LogP contribution in [0.25, 0.3) is 10.8 Å². The van der Waals surface area contributed by atoms with Crippen molar-refractivity contribution in [1.29, 1.82) is 0 Å². The number of hydrogen-bond acceptors (Lipinski definition) is 4. The monoisotopic (exact) mass is 334 g/mol. The first-order chi connectivity index (χ1) is 12.2. The summed E-state index contributed by atoms with van der Waals surface area (Å²) in [5.74, 6) is 0.616. The molecule has 3 aromatic carbocycles. The van der Waals surface area contributed by atoms with Gasteiger partial charge in [-0.3, -0.25) is 4.79 Å². The average molecular weight is 334 g/mol. The van der Waals surface area contributed by atoms with Crippen molar-refractivity contribution < 1.29 is 19.1 Å². The Morgan fingerprint density at radius 1 is 0.880 bits per heavy atom. The molecular weight excluding hydrogens is 316 g/mol. The van der Waals surface area contributed by atoms with Gasteiger partial charge in [0.05, 0.1) is 0 Å². The van der Waals surface area contributed by atoms with Crippen LogP contribution in [0.2, 0.25) is 0 Å². The number of ether oxygens (including phenoxy) is 2. The molecule has 0 bridgehead atoms. The summed E-state index contributed by atoms with van der Waals surface area (Å²) in [5.41, 5.74) is 0.633. The van der Waals surface area contributed by atoms with Gasteiger partial charge in [0, 0.05) is 17.4 Å². The summed E-state index contributed by atoms with van der Waals surface area (Å²) in [7, 11) is 0. The Hall–Kier alpha value is -3.14. The van der Waals surface area contributed by atoms with E-state index < -0.39 is 5.97 Å². The summed E-state index contributed by atoms with van der Waals surface area (Å²) in [5, 5.41) is 1.88. The van der Waals surface area contributed by atoms with Crippen LogP contribution in [0.1, 0.15) is 23.7 Å². The molecule has 0 atom stereocenters. The quantitative estimate of drug-likeness (QED) is 0.380. The van der Waals surface area contributed by atoms with Gasteiger partial charge in [-0.05, 0) is 35.7 Å². The molecule has 4 heteroatoms. The first-order valence-electron chi connectivity index (χ1n) is 8.12. The number of rotatable bonds is 6. The first kappa shape index (κ1) is 16.7. The Labute approximate surface area is 146 Å². The fraction of sp³-hybridized carbons (Fsp3) is 0.143. The van der Waals surface area contributed by atoms with Gasteiger partial charge >= 0.3 is 5.97 Å². The summed E-state index contributed by atoms with van der Waals surface area (Å²) in [6.45, 7) is 1.61. The minimum atomic E-state index is -0.481. The lowest BCUT2D eigenvalue weighted by Gasteiger charge is -2.09. The predicted octanol–water partition coefficient (Wildman–Crippen LogP) is 4.42. The smallest absolute Gasteiger partial charge is 0.349 e. The molecule has 0 amide bonds. The highest BCUT2D eigenvalue weighted by Crippen LogP contribution is 2.25. The van der Waals surface area contributed by atoms with Gasteiger partial charge in [-0.1, -0.05) is 43.3 Å². The molecule has 0 aliphatic rings. The number of carbonyl (C=O) groups excluding carboxylic acids is 2. The van der Waals surface area contributed by atoms with Gasteiger partial charge in [-0.25, -0.2) is 4.79 Å². The van der Waals surface area contributed by atoms with E-state index in [1.165, 1.54) is 0 Å². The van der Waals surface area contributed by atoms with Crippen molar-refractivity contribution in [1.82, 2.24) is 0 Å².